The highest BCUT2D eigenvalue weighted by molar-refractivity contribution is 7.89. The lowest BCUT2D eigenvalue weighted by Crippen LogP contribution is -2.42. The Kier molecular flexibility index (Phi) is 3.59. The lowest BCUT2D eigenvalue weighted by atomic mass is 9.94. The molecule has 0 radical (unpaired) electrons. The van der Waals surface area contributed by atoms with Crippen molar-refractivity contribution in [1.29, 1.82) is 0 Å². The normalized spacial score (nSPS) is 26.1. The zero-order valence-electron chi connectivity index (χ0n) is 10.5. The number of nitrogens with zero attached hydrogens (tertiary/aromatic N) is 1. The van der Waals surface area contributed by atoms with Crippen molar-refractivity contribution >= 4 is 16.3 Å². The zero-order chi connectivity index (χ0) is 13.3. The third kappa shape index (κ3) is 2.49. The third-order valence-corrected chi connectivity index (χ3v) is 4.85. The highest BCUT2D eigenvalue weighted by Gasteiger charge is 2.33. The van der Waals surface area contributed by atoms with E-state index in [1.807, 2.05) is 13.8 Å². The van der Waals surface area contributed by atoms with Gasteiger partial charge in [-0.25, -0.2) is 8.42 Å². The van der Waals surface area contributed by atoms with E-state index in [2.05, 4.69) is 0 Å². The summed E-state index contributed by atoms with van der Waals surface area (Å²) in [5.74, 6) is 0.708. The molecule has 100 valence electrons. The Morgan fingerprint density at radius 3 is 2.39 bits per heavy atom. The number of hydrogen-bond donors (Lipinski definition) is 0. The van der Waals surface area contributed by atoms with Crippen molar-refractivity contribution in [2.75, 3.05) is 13.1 Å². The fourth-order valence-electron chi connectivity index (χ4n) is 2.47. The van der Waals surface area contributed by atoms with Crippen molar-refractivity contribution < 1.29 is 17.6 Å². The second-order valence-electron chi connectivity index (χ2n) is 5.04. The molecule has 0 bridgehead atoms. The average molecular weight is 271 g/mol. The summed E-state index contributed by atoms with van der Waals surface area (Å²) in [5.41, 5.74) is 0. The number of hydrogen-bond acceptors (Lipinski definition) is 4. The molecule has 1 aliphatic rings. The van der Waals surface area contributed by atoms with E-state index in [0.29, 0.717) is 31.2 Å². The maximum absolute atomic E-state index is 12.3. The first-order valence-corrected chi connectivity index (χ1v) is 7.42. The molecule has 2 heterocycles. The van der Waals surface area contributed by atoms with Gasteiger partial charge in [0.05, 0.1) is 0 Å². The van der Waals surface area contributed by atoms with Crippen molar-refractivity contribution in [3.63, 3.8) is 0 Å². The van der Waals surface area contributed by atoms with Crippen molar-refractivity contribution in [3.8, 4) is 0 Å². The van der Waals surface area contributed by atoms with E-state index in [9.17, 15) is 13.2 Å². The Hall–Kier alpha value is -1.14. The Morgan fingerprint density at radius 2 is 1.89 bits per heavy atom. The quantitative estimate of drug-likeness (QED) is 0.786. The molecule has 0 saturated carbocycles. The highest BCUT2D eigenvalue weighted by Crippen LogP contribution is 2.27. The maximum atomic E-state index is 12.3. The van der Waals surface area contributed by atoms with Gasteiger partial charge in [-0.15, -0.1) is 0 Å². The molecule has 6 heteroatoms. The lowest BCUT2D eigenvalue weighted by molar-refractivity contribution is 0.109. The predicted molar refractivity (Wildman–Crippen MR) is 65.8 cm³/mol. The van der Waals surface area contributed by atoms with Crippen molar-refractivity contribution in [2.45, 2.75) is 25.4 Å². The van der Waals surface area contributed by atoms with Gasteiger partial charge >= 0.3 is 0 Å². The molecule has 1 aromatic heterocycles. The molecule has 2 rings (SSSR count). The van der Waals surface area contributed by atoms with Crippen LogP contribution in [0, 0.1) is 11.8 Å². The van der Waals surface area contributed by atoms with E-state index in [4.69, 9.17) is 4.42 Å². The first-order chi connectivity index (χ1) is 8.43. The molecule has 0 amide bonds. The molecule has 0 aliphatic carbocycles. The monoisotopic (exact) mass is 271 g/mol. The summed E-state index contributed by atoms with van der Waals surface area (Å²) in [6.07, 6.45) is 1.53. The van der Waals surface area contributed by atoms with E-state index < -0.39 is 10.0 Å². The van der Waals surface area contributed by atoms with Crippen LogP contribution in [-0.4, -0.2) is 32.1 Å². The SMILES string of the molecule is CC1CC(C)CN(S(=O)(=O)c2ccc(C=O)o2)C1. The largest absolute Gasteiger partial charge is 0.440 e. The Bertz CT molecular complexity index is 524. The minimum absolute atomic E-state index is 0.0340. The summed E-state index contributed by atoms with van der Waals surface area (Å²) >= 11 is 0. The van der Waals surface area contributed by atoms with Crippen molar-refractivity contribution in [2.24, 2.45) is 11.8 Å². The van der Waals surface area contributed by atoms with Crippen molar-refractivity contribution in [3.05, 3.63) is 17.9 Å². The number of rotatable bonds is 3. The van der Waals surface area contributed by atoms with E-state index >= 15 is 0 Å². The van der Waals surface area contributed by atoms with Crippen LogP contribution in [0.3, 0.4) is 0 Å². The Morgan fingerprint density at radius 1 is 1.28 bits per heavy atom. The second kappa shape index (κ2) is 4.85. The summed E-state index contributed by atoms with van der Waals surface area (Å²) in [7, 11) is -3.61. The highest BCUT2D eigenvalue weighted by atomic mass is 32.2. The number of carbonyl (C=O) groups is 1. The van der Waals surface area contributed by atoms with Crippen LogP contribution < -0.4 is 0 Å². The van der Waals surface area contributed by atoms with Gasteiger partial charge in [-0.1, -0.05) is 13.8 Å². The van der Waals surface area contributed by atoms with Crippen LogP contribution in [0.1, 0.15) is 30.8 Å². The molecular formula is C12H17NO4S. The van der Waals surface area contributed by atoms with E-state index in [1.54, 1.807) is 0 Å². The standard InChI is InChI=1S/C12H17NO4S/c1-9-5-10(2)7-13(6-9)18(15,16)12-4-3-11(8-14)17-12/h3-4,8-10H,5-7H2,1-2H3. The van der Waals surface area contributed by atoms with Gasteiger partial charge in [0, 0.05) is 13.1 Å². The summed E-state index contributed by atoms with van der Waals surface area (Å²) in [5, 5.41) is -0.147. The number of sulfonamides is 1. The predicted octanol–water partition coefficient (Wildman–Crippen LogP) is 1.76. The van der Waals surface area contributed by atoms with Crippen molar-refractivity contribution in [1.82, 2.24) is 4.31 Å². The Labute approximate surface area is 107 Å². The number of aldehydes is 1. The fraction of sp³-hybridized carbons (Fsp3) is 0.583. The number of piperidine rings is 1. The molecule has 1 aromatic rings. The van der Waals surface area contributed by atoms with Gasteiger partial charge < -0.3 is 4.42 Å². The summed E-state index contributed by atoms with van der Waals surface area (Å²) < 4.78 is 31.1. The molecule has 2 unspecified atom stereocenters. The maximum Gasteiger partial charge on any atom is 0.276 e. The molecular weight excluding hydrogens is 254 g/mol. The summed E-state index contributed by atoms with van der Waals surface area (Å²) in [6, 6.07) is 2.71. The topological polar surface area (TPSA) is 67.6 Å². The van der Waals surface area contributed by atoms with Crippen LogP contribution in [0.15, 0.2) is 21.6 Å². The lowest BCUT2D eigenvalue weighted by Gasteiger charge is -2.33. The molecule has 1 saturated heterocycles. The van der Waals surface area contributed by atoms with E-state index in [1.165, 1.54) is 16.4 Å². The third-order valence-electron chi connectivity index (χ3n) is 3.15. The van der Waals surface area contributed by atoms with Crippen LogP contribution in [0.4, 0.5) is 0 Å². The first-order valence-electron chi connectivity index (χ1n) is 5.98. The van der Waals surface area contributed by atoms with Crippen LogP contribution in [-0.2, 0) is 10.0 Å². The number of carbonyl (C=O) groups excluding carboxylic acids is 1. The van der Waals surface area contributed by atoms with Gasteiger partial charge in [0.2, 0.25) is 5.09 Å². The Balaban J connectivity index is 2.27. The summed E-state index contributed by atoms with van der Waals surface area (Å²) in [6.45, 7) is 5.09. The van der Waals surface area contributed by atoms with Gasteiger partial charge in [0.25, 0.3) is 10.0 Å². The van der Waals surface area contributed by atoms with E-state index in [-0.39, 0.29) is 10.9 Å². The minimum atomic E-state index is -3.61. The van der Waals surface area contributed by atoms with Crippen LogP contribution >= 0.6 is 0 Å². The molecule has 0 aromatic carbocycles. The zero-order valence-corrected chi connectivity index (χ0v) is 11.3. The van der Waals surface area contributed by atoms with Gasteiger partial charge in [-0.2, -0.15) is 4.31 Å². The fourth-order valence-corrected chi connectivity index (χ4v) is 4.06. The van der Waals surface area contributed by atoms with Crippen LogP contribution in [0.2, 0.25) is 0 Å². The molecule has 1 aliphatic heterocycles. The first kappa shape index (κ1) is 13.3. The van der Waals surface area contributed by atoms with Gasteiger partial charge in [0.15, 0.2) is 12.0 Å². The molecule has 0 N–H and O–H groups in total. The molecule has 2 atom stereocenters. The molecule has 1 fully saturated rings. The minimum Gasteiger partial charge on any atom is -0.440 e. The summed E-state index contributed by atoms with van der Waals surface area (Å²) in [4.78, 5) is 10.5. The van der Waals surface area contributed by atoms with Crippen LogP contribution in [0.5, 0.6) is 0 Å². The van der Waals surface area contributed by atoms with E-state index in [0.717, 1.165) is 6.42 Å². The van der Waals surface area contributed by atoms with Gasteiger partial charge in [-0.05, 0) is 30.4 Å². The number of furan rings is 1. The van der Waals surface area contributed by atoms with Gasteiger partial charge in [0.1, 0.15) is 0 Å². The second-order valence-corrected chi connectivity index (χ2v) is 6.91. The van der Waals surface area contributed by atoms with Crippen LogP contribution in [0.25, 0.3) is 0 Å². The molecule has 0 spiro atoms. The molecule has 5 nitrogen and oxygen atoms in total. The average Bonchev–Trinajstić information content (AvgIpc) is 2.76. The smallest absolute Gasteiger partial charge is 0.276 e. The van der Waals surface area contributed by atoms with Gasteiger partial charge in [-0.3, -0.25) is 4.79 Å². The molecule has 18 heavy (non-hydrogen) atoms.